The van der Waals surface area contributed by atoms with E-state index in [2.05, 4.69) is 10.3 Å². The van der Waals surface area contributed by atoms with Crippen LogP contribution in [0.1, 0.15) is 17.0 Å². The predicted octanol–water partition coefficient (Wildman–Crippen LogP) is 3.12. The molecule has 0 bridgehead atoms. The van der Waals surface area contributed by atoms with Crippen molar-refractivity contribution >= 4 is 38.5 Å². The summed E-state index contributed by atoms with van der Waals surface area (Å²) in [5, 5.41) is 14.3. The molecular weight excluding hydrogens is 474 g/mol. The van der Waals surface area contributed by atoms with Gasteiger partial charge in [0.15, 0.2) is 5.13 Å². The molecule has 2 aromatic heterocycles. The van der Waals surface area contributed by atoms with Crippen LogP contribution < -0.4 is 5.32 Å². The van der Waals surface area contributed by atoms with Gasteiger partial charge in [-0.15, -0.1) is 11.3 Å². The topological polar surface area (TPSA) is 117 Å². The average Bonchev–Trinajstić information content (AvgIpc) is 3.45. The van der Waals surface area contributed by atoms with E-state index in [0.29, 0.717) is 42.7 Å². The summed E-state index contributed by atoms with van der Waals surface area (Å²) in [5.74, 6) is -0.541. The Hall–Kier alpha value is -3.30. The van der Waals surface area contributed by atoms with Gasteiger partial charge in [0.2, 0.25) is 10.0 Å². The number of aryl methyl sites for hydroxylation is 1. The van der Waals surface area contributed by atoms with Crippen LogP contribution in [-0.4, -0.2) is 54.5 Å². The van der Waals surface area contributed by atoms with Gasteiger partial charge in [-0.05, 0) is 49.8 Å². The summed E-state index contributed by atoms with van der Waals surface area (Å²) in [6, 6.07) is 10.6. The lowest BCUT2D eigenvalue weighted by molar-refractivity contribution is -0.112. The van der Waals surface area contributed by atoms with Gasteiger partial charge in [0.1, 0.15) is 11.6 Å². The molecule has 4 rings (SSSR count). The number of thiazole rings is 1. The minimum absolute atomic E-state index is 0.0564. The minimum Gasteiger partial charge on any atom is -0.379 e. The maximum absolute atomic E-state index is 13.1. The molecule has 1 aromatic carbocycles. The third-order valence-corrected chi connectivity index (χ3v) is 8.05. The van der Waals surface area contributed by atoms with Gasteiger partial charge < -0.3 is 9.30 Å². The van der Waals surface area contributed by atoms with Crippen molar-refractivity contribution in [3.8, 4) is 11.8 Å². The summed E-state index contributed by atoms with van der Waals surface area (Å²) in [4.78, 5) is 16.7. The van der Waals surface area contributed by atoms with Crippen LogP contribution in [0.2, 0.25) is 0 Å². The van der Waals surface area contributed by atoms with Crippen LogP contribution in [0.5, 0.6) is 0 Å². The van der Waals surface area contributed by atoms with Crippen LogP contribution in [0.15, 0.2) is 52.4 Å². The van der Waals surface area contributed by atoms with E-state index < -0.39 is 15.9 Å². The van der Waals surface area contributed by atoms with Crippen molar-refractivity contribution in [1.29, 1.82) is 5.26 Å². The second kappa shape index (κ2) is 9.90. The number of rotatable bonds is 6. The molecule has 1 amide bonds. The summed E-state index contributed by atoms with van der Waals surface area (Å²) in [7, 11) is -3.64. The molecule has 176 valence electrons. The van der Waals surface area contributed by atoms with Gasteiger partial charge in [-0.25, -0.2) is 13.4 Å². The highest BCUT2D eigenvalue weighted by atomic mass is 32.2. The van der Waals surface area contributed by atoms with Gasteiger partial charge in [-0.2, -0.15) is 9.57 Å². The van der Waals surface area contributed by atoms with Crippen molar-refractivity contribution < 1.29 is 17.9 Å². The Labute approximate surface area is 202 Å². The first-order valence-electron chi connectivity index (χ1n) is 10.5. The molecule has 1 aliphatic rings. The molecule has 3 aromatic rings. The fraction of sp³-hybridized carbons (Fsp3) is 0.261. The molecule has 0 unspecified atom stereocenters. The number of aromatic nitrogens is 2. The lowest BCUT2D eigenvalue weighted by Gasteiger charge is -2.26. The number of hydrogen-bond donors (Lipinski definition) is 1. The largest absolute Gasteiger partial charge is 0.379 e. The van der Waals surface area contributed by atoms with Gasteiger partial charge in [-0.3, -0.25) is 10.1 Å². The molecule has 1 aliphatic heterocycles. The van der Waals surface area contributed by atoms with E-state index in [0.717, 1.165) is 11.4 Å². The van der Waals surface area contributed by atoms with Gasteiger partial charge in [0, 0.05) is 41.7 Å². The number of amides is 1. The SMILES string of the molecule is Cc1cc(/C=C(\C#N)C(=O)Nc2nccs2)c(C)n1-c1cccc(S(=O)(=O)N2CCOCC2)c1. The Bertz CT molecular complexity index is 1380. The quantitative estimate of drug-likeness (QED) is 0.413. The molecule has 0 aliphatic carbocycles. The van der Waals surface area contributed by atoms with E-state index in [1.165, 1.54) is 21.7 Å². The molecule has 0 atom stereocenters. The van der Waals surface area contributed by atoms with Gasteiger partial charge in [-0.1, -0.05) is 6.07 Å². The van der Waals surface area contributed by atoms with Crippen LogP contribution in [0.3, 0.4) is 0 Å². The van der Waals surface area contributed by atoms with Gasteiger partial charge in [0.25, 0.3) is 5.91 Å². The summed E-state index contributed by atoms with van der Waals surface area (Å²) in [6.45, 7) is 5.14. The molecule has 0 radical (unpaired) electrons. The molecule has 9 nitrogen and oxygen atoms in total. The first kappa shape index (κ1) is 23.8. The van der Waals surface area contributed by atoms with E-state index >= 15 is 0 Å². The Morgan fingerprint density at radius 1 is 1.26 bits per heavy atom. The maximum atomic E-state index is 13.1. The van der Waals surface area contributed by atoms with Crippen molar-refractivity contribution in [3.63, 3.8) is 0 Å². The zero-order valence-corrected chi connectivity index (χ0v) is 20.3. The lowest BCUT2D eigenvalue weighted by Crippen LogP contribution is -2.40. The molecule has 1 fully saturated rings. The first-order chi connectivity index (χ1) is 16.3. The molecule has 3 heterocycles. The van der Waals surface area contributed by atoms with Crippen molar-refractivity contribution in [3.05, 3.63) is 64.4 Å². The molecule has 1 saturated heterocycles. The number of carbonyl (C=O) groups is 1. The minimum atomic E-state index is -3.64. The van der Waals surface area contributed by atoms with E-state index in [-0.39, 0.29) is 10.5 Å². The second-order valence-corrected chi connectivity index (χ2v) is 10.5. The van der Waals surface area contributed by atoms with Crippen molar-refractivity contribution in [2.45, 2.75) is 18.7 Å². The number of anilines is 1. The van der Waals surface area contributed by atoms with E-state index in [1.54, 1.807) is 29.8 Å². The zero-order chi connectivity index (χ0) is 24.3. The van der Waals surface area contributed by atoms with E-state index in [1.807, 2.05) is 36.6 Å². The molecule has 0 spiro atoms. The average molecular weight is 498 g/mol. The monoisotopic (exact) mass is 497 g/mol. The number of nitrogens with one attached hydrogen (secondary N) is 1. The van der Waals surface area contributed by atoms with E-state index in [9.17, 15) is 18.5 Å². The highest BCUT2D eigenvalue weighted by Gasteiger charge is 2.26. The maximum Gasteiger partial charge on any atom is 0.268 e. The summed E-state index contributed by atoms with van der Waals surface area (Å²) in [5.41, 5.74) is 2.91. The number of ether oxygens (including phenoxy) is 1. The zero-order valence-electron chi connectivity index (χ0n) is 18.7. The molecular formula is C23H23N5O4S2. The van der Waals surface area contributed by atoms with Crippen LogP contribution in [0, 0.1) is 25.2 Å². The number of hydrogen-bond acceptors (Lipinski definition) is 7. The van der Waals surface area contributed by atoms with Crippen LogP contribution in [0.25, 0.3) is 11.8 Å². The molecule has 1 N–H and O–H groups in total. The summed E-state index contributed by atoms with van der Waals surface area (Å²) < 4.78 is 34.8. The van der Waals surface area contributed by atoms with Crippen molar-refractivity contribution in [2.75, 3.05) is 31.6 Å². The first-order valence-corrected chi connectivity index (χ1v) is 12.8. The van der Waals surface area contributed by atoms with Crippen molar-refractivity contribution in [2.24, 2.45) is 0 Å². The Balaban J connectivity index is 1.66. The Kier molecular flexibility index (Phi) is 6.95. The fourth-order valence-corrected chi connectivity index (χ4v) is 5.78. The molecule has 0 saturated carbocycles. The standard InChI is InChI=1S/C23H23N5O4S2/c1-16-12-18(13-19(15-24)22(29)26-23-25-6-11-33-23)17(2)28(16)20-4-3-5-21(14-20)34(30,31)27-7-9-32-10-8-27/h3-6,11-14H,7-10H2,1-2H3,(H,25,26,29)/b19-13+. The molecule has 11 heteroatoms. The lowest BCUT2D eigenvalue weighted by atomic mass is 10.1. The predicted molar refractivity (Wildman–Crippen MR) is 129 cm³/mol. The van der Waals surface area contributed by atoms with E-state index in [4.69, 9.17) is 4.74 Å². The Morgan fingerprint density at radius 2 is 2.03 bits per heavy atom. The third-order valence-electron chi connectivity index (χ3n) is 5.47. The summed E-state index contributed by atoms with van der Waals surface area (Å²) in [6.07, 6.45) is 3.09. The normalized spacial score (nSPS) is 15.1. The third kappa shape index (κ3) is 4.80. The van der Waals surface area contributed by atoms with Crippen molar-refractivity contribution in [1.82, 2.24) is 13.9 Å². The van der Waals surface area contributed by atoms with Gasteiger partial charge in [0.05, 0.1) is 18.1 Å². The number of nitriles is 1. The van der Waals surface area contributed by atoms with Crippen LogP contribution >= 0.6 is 11.3 Å². The van der Waals surface area contributed by atoms with Gasteiger partial charge >= 0.3 is 0 Å². The fourth-order valence-electron chi connectivity index (χ4n) is 3.80. The molecule has 34 heavy (non-hydrogen) atoms. The summed E-state index contributed by atoms with van der Waals surface area (Å²) >= 11 is 1.26. The number of carbonyl (C=O) groups excluding carboxylic acids is 1. The number of nitrogens with zero attached hydrogens (tertiary/aromatic N) is 4. The smallest absolute Gasteiger partial charge is 0.268 e. The van der Waals surface area contributed by atoms with Crippen LogP contribution in [0.4, 0.5) is 5.13 Å². The van der Waals surface area contributed by atoms with Crippen LogP contribution in [-0.2, 0) is 19.6 Å². The number of morpholine rings is 1. The Morgan fingerprint density at radius 3 is 2.71 bits per heavy atom. The number of sulfonamides is 1. The second-order valence-electron chi connectivity index (χ2n) is 7.64. The highest BCUT2D eigenvalue weighted by molar-refractivity contribution is 7.89. The number of benzene rings is 1. The highest BCUT2D eigenvalue weighted by Crippen LogP contribution is 2.26.